The summed E-state index contributed by atoms with van der Waals surface area (Å²) >= 11 is 0. The SMILES string of the molecule is CC(=O)CC(C)=O.CCC(=O)CC(=O)CC. The highest BCUT2D eigenvalue weighted by atomic mass is 16.2. The standard InChI is InChI=1S/C7H12O2.C5H8O2/c1-3-6(8)5-7(9)4-2;1-4(6)3-5(2)7/h3-5H2,1-2H3;3H2,1-2H3. The normalized spacial score (nSPS) is 8.75. The van der Waals surface area contributed by atoms with Crippen molar-refractivity contribution >= 4 is 23.1 Å². The molecule has 0 aromatic carbocycles. The van der Waals surface area contributed by atoms with E-state index in [0.717, 1.165) is 0 Å². The van der Waals surface area contributed by atoms with Gasteiger partial charge in [0.05, 0.1) is 12.8 Å². The van der Waals surface area contributed by atoms with Gasteiger partial charge in [0.25, 0.3) is 0 Å². The minimum Gasteiger partial charge on any atom is -0.300 e. The van der Waals surface area contributed by atoms with Gasteiger partial charge in [-0.3, -0.25) is 19.2 Å². The second-order valence-corrected chi connectivity index (χ2v) is 3.54. The highest BCUT2D eigenvalue weighted by Gasteiger charge is 2.03. The van der Waals surface area contributed by atoms with Crippen LogP contribution in [0.15, 0.2) is 0 Å². The molecule has 16 heavy (non-hydrogen) atoms. The van der Waals surface area contributed by atoms with Gasteiger partial charge in [0.15, 0.2) is 0 Å². The Morgan fingerprint density at radius 3 is 1.12 bits per heavy atom. The zero-order chi connectivity index (χ0) is 13.1. The highest BCUT2D eigenvalue weighted by Crippen LogP contribution is 1.92. The summed E-state index contributed by atoms with van der Waals surface area (Å²) < 4.78 is 0. The van der Waals surface area contributed by atoms with Gasteiger partial charge >= 0.3 is 0 Å². The van der Waals surface area contributed by atoms with Crippen LogP contribution in [0.1, 0.15) is 53.4 Å². The lowest BCUT2D eigenvalue weighted by Crippen LogP contribution is -2.04. The average Bonchev–Trinajstić information content (AvgIpc) is 2.16. The fourth-order valence-electron chi connectivity index (χ4n) is 0.820. The molecule has 0 N–H and O–H groups in total. The van der Waals surface area contributed by atoms with Crippen molar-refractivity contribution in [2.75, 3.05) is 0 Å². The predicted molar refractivity (Wildman–Crippen MR) is 61.2 cm³/mol. The van der Waals surface area contributed by atoms with Crippen molar-refractivity contribution in [3.05, 3.63) is 0 Å². The maximum atomic E-state index is 10.6. The fraction of sp³-hybridized carbons (Fsp3) is 0.667. The van der Waals surface area contributed by atoms with Crippen LogP contribution >= 0.6 is 0 Å². The molecule has 0 unspecified atom stereocenters. The lowest BCUT2D eigenvalue weighted by atomic mass is 10.1. The summed E-state index contributed by atoms with van der Waals surface area (Å²) in [5, 5.41) is 0. The fourth-order valence-corrected chi connectivity index (χ4v) is 0.820. The second-order valence-electron chi connectivity index (χ2n) is 3.54. The van der Waals surface area contributed by atoms with E-state index in [-0.39, 0.29) is 36.0 Å². The number of hydrogen-bond donors (Lipinski definition) is 0. The molecule has 0 heterocycles. The number of rotatable bonds is 6. The summed E-state index contributed by atoms with van der Waals surface area (Å²) in [7, 11) is 0. The minimum atomic E-state index is -0.0625. The van der Waals surface area contributed by atoms with E-state index >= 15 is 0 Å². The molecule has 4 heteroatoms. The monoisotopic (exact) mass is 228 g/mol. The Bertz CT molecular complexity index is 240. The molecule has 4 nitrogen and oxygen atoms in total. The molecule has 0 aromatic heterocycles. The third kappa shape index (κ3) is 15.2. The highest BCUT2D eigenvalue weighted by molar-refractivity contribution is 5.98. The summed E-state index contributed by atoms with van der Waals surface area (Å²) in [6.45, 7) is 6.35. The van der Waals surface area contributed by atoms with Gasteiger partial charge in [0.2, 0.25) is 0 Å². The van der Waals surface area contributed by atoms with Crippen LogP contribution in [0, 0.1) is 0 Å². The molecular formula is C12H20O4. The quantitative estimate of drug-likeness (QED) is 0.651. The van der Waals surface area contributed by atoms with Gasteiger partial charge in [-0.25, -0.2) is 0 Å². The van der Waals surface area contributed by atoms with Crippen molar-refractivity contribution in [3.8, 4) is 0 Å². The molecular weight excluding hydrogens is 208 g/mol. The van der Waals surface area contributed by atoms with E-state index in [1.165, 1.54) is 13.8 Å². The molecule has 0 aliphatic carbocycles. The molecule has 0 bridgehead atoms. The molecule has 0 aliphatic heterocycles. The number of carbonyl (C=O) groups is 4. The van der Waals surface area contributed by atoms with Crippen LogP contribution in [-0.2, 0) is 19.2 Å². The Labute approximate surface area is 96.4 Å². The van der Waals surface area contributed by atoms with Crippen LogP contribution in [0.5, 0.6) is 0 Å². The van der Waals surface area contributed by atoms with E-state index in [0.29, 0.717) is 12.8 Å². The Hall–Kier alpha value is -1.32. The minimum absolute atomic E-state index is 0.0434. The van der Waals surface area contributed by atoms with E-state index in [4.69, 9.17) is 0 Å². The first-order valence-electron chi connectivity index (χ1n) is 5.35. The van der Waals surface area contributed by atoms with Crippen molar-refractivity contribution in [1.82, 2.24) is 0 Å². The molecule has 0 radical (unpaired) electrons. The summed E-state index contributed by atoms with van der Waals surface area (Å²) in [6, 6.07) is 0. The number of hydrogen-bond acceptors (Lipinski definition) is 4. The van der Waals surface area contributed by atoms with Gasteiger partial charge in [-0.2, -0.15) is 0 Å². The topological polar surface area (TPSA) is 68.3 Å². The van der Waals surface area contributed by atoms with Crippen LogP contribution in [0.25, 0.3) is 0 Å². The van der Waals surface area contributed by atoms with Crippen molar-refractivity contribution in [3.63, 3.8) is 0 Å². The molecule has 0 fully saturated rings. The van der Waals surface area contributed by atoms with E-state index in [1.54, 1.807) is 13.8 Å². The molecule has 92 valence electrons. The van der Waals surface area contributed by atoms with Gasteiger partial charge in [-0.05, 0) is 13.8 Å². The Morgan fingerprint density at radius 2 is 1.00 bits per heavy atom. The van der Waals surface area contributed by atoms with E-state index in [9.17, 15) is 19.2 Å². The maximum absolute atomic E-state index is 10.6. The summed E-state index contributed by atoms with van der Waals surface area (Å²) in [6.07, 6.45) is 1.17. The number of Topliss-reactive ketones (excluding diaryl/α,β-unsaturated/α-hetero) is 4. The molecule has 0 saturated heterocycles. The predicted octanol–water partition coefficient (Wildman–Crippen LogP) is 1.89. The van der Waals surface area contributed by atoms with Crippen LogP contribution in [0.4, 0.5) is 0 Å². The molecule has 0 aliphatic rings. The first-order chi connectivity index (χ1) is 7.33. The van der Waals surface area contributed by atoms with Gasteiger partial charge in [-0.15, -0.1) is 0 Å². The summed E-state index contributed by atoms with van der Waals surface area (Å²) in [5.74, 6) is -0.0382. The largest absolute Gasteiger partial charge is 0.300 e. The Morgan fingerprint density at radius 1 is 0.688 bits per heavy atom. The summed E-state index contributed by atoms with van der Waals surface area (Å²) in [4.78, 5) is 41.2. The van der Waals surface area contributed by atoms with Crippen LogP contribution in [0.2, 0.25) is 0 Å². The van der Waals surface area contributed by atoms with Crippen molar-refractivity contribution in [2.45, 2.75) is 53.4 Å². The lowest BCUT2D eigenvalue weighted by molar-refractivity contribution is -0.127. The molecule has 0 saturated carbocycles. The zero-order valence-electron chi connectivity index (χ0n) is 10.5. The number of ketones is 4. The van der Waals surface area contributed by atoms with Gasteiger partial charge in [0, 0.05) is 12.8 Å². The van der Waals surface area contributed by atoms with Crippen LogP contribution in [-0.4, -0.2) is 23.1 Å². The Kier molecular flexibility index (Phi) is 10.9. The van der Waals surface area contributed by atoms with Crippen molar-refractivity contribution in [1.29, 1.82) is 0 Å². The third-order valence-electron chi connectivity index (χ3n) is 1.68. The molecule has 0 amide bonds. The molecule has 0 spiro atoms. The van der Waals surface area contributed by atoms with Crippen LogP contribution in [0.3, 0.4) is 0 Å². The first-order valence-corrected chi connectivity index (χ1v) is 5.35. The lowest BCUT2D eigenvalue weighted by Gasteiger charge is -1.91. The molecule has 0 aromatic rings. The van der Waals surface area contributed by atoms with Gasteiger partial charge in [-0.1, -0.05) is 13.8 Å². The number of carbonyl (C=O) groups excluding carboxylic acids is 4. The molecule has 0 rings (SSSR count). The van der Waals surface area contributed by atoms with Crippen molar-refractivity contribution in [2.24, 2.45) is 0 Å². The first kappa shape index (κ1) is 17.1. The van der Waals surface area contributed by atoms with E-state index in [1.807, 2.05) is 0 Å². The van der Waals surface area contributed by atoms with Crippen LogP contribution < -0.4 is 0 Å². The third-order valence-corrected chi connectivity index (χ3v) is 1.68. The maximum Gasteiger partial charge on any atom is 0.139 e. The van der Waals surface area contributed by atoms with Gasteiger partial charge in [0.1, 0.15) is 23.1 Å². The smallest absolute Gasteiger partial charge is 0.139 e. The van der Waals surface area contributed by atoms with E-state index < -0.39 is 0 Å². The summed E-state index contributed by atoms with van der Waals surface area (Å²) in [5.41, 5.74) is 0. The Balaban J connectivity index is 0. The van der Waals surface area contributed by atoms with E-state index in [2.05, 4.69) is 0 Å². The van der Waals surface area contributed by atoms with Gasteiger partial charge < -0.3 is 0 Å². The molecule has 0 atom stereocenters. The zero-order valence-corrected chi connectivity index (χ0v) is 10.5. The van der Waals surface area contributed by atoms with Crippen molar-refractivity contribution < 1.29 is 19.2 Å². The average molecular weight is 228 g/mol. The second kappa shape index (κ2) is 10.2.